The predicted octanol–water partition coefficient (Wildman–Crippen LogP) is 4.64. The van der Waals surface area contributed by atoms with Crippen LogP contribution in [0.4, 0.5) is 0 Å². The molecule has 0 amide bonds. The molecule has 0 aliphatic carbocycles. The number of carbonyl (C=O) groups is 1. The van der Waals surface area contributed by atoms with Gasteiger partial charge in [-0.25, -0.2) is 4.79 Å². The molecule has 0 atom stereocenters. The van der Waals surface area contributed by atoms with Crippen LogP contribution in [0.15, 0.2) is 60.7 Å². The van der Waals surface area contributed by atoms with E-state index in [0.29, 0.717) is 12.2 Å². The molecule has 3 aromatic rings. The number of hydrogen-bond acceptors (Lipinski definition) is 3. The third-order valence-electron chi connectivity index (χ3n) is 4.24. The van der Waals surface area contributed by atoms with Crippen molar-refractivity contribution in [1.29, 1.82) is 0 Å². The Morgan fingerprint density at radius 3 is 2.04 bits per heavy atom. The third-order valence-corrected chi connectivity index (χ3v) is 4.24. The molecule has 1 aromatic heterocycles. The Balaban J connectivity index is 1.53. The molecule has 0 N–H and O–H groups in total. The van der Waals surface area contributed by atoms with Crippen molar-refractivity contribution in [3.63, 3.8) is 0 Å². The number of aromatic nitrogens is 1. The minimum absolute atomic E-state index is 0.213. The maximum absolute atomic E-state index is 12.1. The molecule has 3 rings (SSSR count). The van der Waals surface area contributed by atoms with Gasteiger partial charge >= 0.3 is 5.97 Å². The minimum Gasteiger partial charge on any atom is -0.490 e. The maximum atomic E-state index is 12.1. The van der Waals surface area contributed by atoms with E-state index in [2.05, 4.69) is 30.5 Å². The van der Waals surface area contributed by atoms with Gasteiger partial charge in [-0.3, -0.25) is 0 Å². The molecule has 0 saturated heterocycles. The van der Waals surface area contributed by atoms with Gasteiger partial charge in [-0.1, -0.05) is 17.7 Å². The Morgan fingerprint density at radius 1 is 0.808 bits per heavy atom. The van der Waals surface area contributed by atoms with Crippen molar-refractivity contribution in [3.05, 3.63) is 83.2 Å². The van der Waals surface area contributed by atoms with Crippen molar-refractivity contribution < 1.29 is 14.3 Å². The fourth-order valence-electron chi connectivity index (χ4n) is 2.83. The van der Waals surface area contributed by atoms with E-state index < -0.39 is 0 Å². The standard InChI is InChI=1S/C22H23NO3/c1-16-4-12-21(13-5-16)25-14-15-26-22(24)19-8-10-20(11-9-19)23-17(2)6-7-18(23)3/h4-13H,14-15H2,1-3H3. The summed E-state index contributed by atoms with van der Waals surface area (Å²) in [5.41, 5.74) is 5.06. The van der Waals surface area contributed by atoms with Crippen LogP contribution in [0.25, 0.3) is 5.69 Å². The Bertz CT molecular complexity index is 857. The highest BCUT2D eigenvalue weighted by Gasteiger charge is 2.09. The highest BCUT2D eigenvalue weighted by Crippen LogP contribution is 2.17. The summed E-state index contributed by atoms with van der Waals surface area (Å²) in [6, 6.07) is 19.4. The zero-order chi connectivity index (χ0) is 18.5. The lowest BCUT2D eigenvalue weighted by Crippen LogP contribution is -2.12. The second kappa shape index (κ2) is 7.91. The van der Waals surface area contributed by atoms with Crippen molar-refractivity contribution >= 4 is 5.97 Å². The average molecular weight is 349 g/mol. The van der Waals surface area contributed by atoms with Crippen molar-refractivity contribution in [2.24, 2.45) is 0 Å². The third kappa shape index (κ3) is 4.14. The summed E-state index contributed by atoms with van der Waals surface area (Å²) in [5, 5.41) is 0. The first kappa shape index (κ1) is 17.8. The van der Waals surface area contributed by atoms with E-state index in [4.69, 9.17) is 9.47 Å². The van der Waals surface area contributed by atoms with Gasteiger partial charge in [-0.05, 0) is 69.3 Å². The highest BCUT2D eigenvalue weighted by atomic mass is 16.6. The molecule has 0 bridgehead atoms. The fraction of sp³-hybridized carbons (Fsp3) is 0.227. The van der Waals surface area contributed by atoms with E-state index in [1.54, 1.807) is 12.1 Å². The van der Waals surface area contributed by atoms with Gasteiger partial charge < -0.3 is 14.0 Å². The summed E-state index contributed by atoms with van der Waals surface area (Å²) >= 11 is 0. The largest absolute Gasteiger partial charge is 0.490 e. The van der Waals surface area contributed by atoms with Crippen molar-refractivity contribution in [2.45, 2.75) is 20.8 Å². The number of benzene rings is 2. The molecular weight excluding hydrogens is 326 g/mol. The van der Waals surface area contributed by atoms with Gasteiger partial charge in [0, 0.05) is 17.1 Å². The van der Waals surface area contributed by atoms with Crippen LogP contribution in [0.1, 0.15) is 27.3 Å². The summed E-state index contributed by atoms with van der Waals surface area (Å²) in [4.78, 5) is 12.1. The van der Waals surface area contributed by atoms with Gasteiger partial charge in [0.2, 0.25) is 0 Å². The summed E-state index contributed by atoms with van der Waals surface area (Å²) in [7, 11) is 0. The fourth-order valence-corrected chi connectivity index (χ4v) is 2.83. The molecule has 0 aliphatic rings. The Labute approximate surface area is 154 Å². The van der Waals surface area contributed by atoms with Gasteiger partial charge in [0.05, 0.1) is 5.56 Å². The number of ether oxygens (including phenoxy) is 2. The van der Waals surface area contributed by atoms with Crippen LogP contribution in [0.3, 0.4) is 0 Å². The van der Waals surface area contributed by atoms with Crippen molar-refractivity contribution in [3.8, 4) is 11.4 Å². The summed E-state index contributed by atoms with van der Waals surface area (Å²) in [5.74, 6) is 0.429. The topological polar surface area (TPSA) is 40.5 Å². The van der Waals surface area contributed by atoms with Crippen LogP contribution < -0.4 is 4.74 Å². The monoisotopic (exact) mass is 349 g/mol. The first-order valence-corrected chi connectivity index (χ1v) is 8.66. The molecule has 0 unspecified atom stereocenters. The SMILES string of the molecule is Cc1ccc(OCCOC(=O)c2ccc(-n3c(C)ccc3C)cc2)cc1. The number of esters is 1. The average Bonchev–Trinajstić information content (AvgIpc) is 2.98. The molecule has 134 valence electrons. The zero-order valence-corrected chi connectivity index (χ0v) is 15.4. The number of carbonyl (C=O) groups excluding carboxylic acids is 1. The van der Waals surface area contributed by atoms with Gasteiger partial charge in [-0.2, -0.15) is 0 Å². The first-order valence-electron chi connectivity index (χ1n) is 8.66. The van der Waals surface area contributed by atoms with E-state index in [1.807, 2.05) is 43.3 Å². The van der Waals surface area contributed by atoms with E-state index >= 15 is 0 Å². The molecule has 4 heteroatoms. The Hall–Kier alpha value is -3.01. The van der Waals surface area contributed by atoms with E-state index in [1.165, 1.54) is 5.56 Å². The Morgan fingerprint density at radius 2 is 1.42 bits per heavy atom. The van der Waals surface area contributed by atoms with E-state index in [-0.39, 0.29) is 12.6 Å². The molecular formula is C22H23NO3. The molecule has 0 fully saturated rings. The van der Waals surface area contributed by atoms with Crippen molar-refractivity contribution in [1.82, 2.24) is 4.57 Å². The number of rotatable bonds is 6. The molecule has 26 heavy (non-hydrogen) atoms. The number of nitrogens with zero attached hydrogens (tertiary/aromatic N) is 1. The lowest BCUT2D eigenvalue weighted by atomic mass is 10.2. The first-order chi connectivity index (χ1) is 12.5. The minimum atomic E-state index is -0.343. The second-order valence-corrected chi connectivity index (χ2v) is 6.30. The van der Waals surface area contributed by atoms with Gasteiger partial charge in [0.15, 0.2) is 0 Å². The molecule has 2 aromatic carbocycles. The Kier molecular flexibility index (Phi) is 5.42. The smallest absolute Gasteiger partial charge is 0.338 e. The second-order valence-electron chi connectivity index (χ2n) is 6.30. The molecule has 0 saturated carbocycles. The van der Waals surface area contributed by atoms with Crippen LogP contribution in [0, 0.1) is 20.8 Å². The molecule has 0 aliphatic heterocycles. The van der Waals surface area contributed by atoms with Gasteiger partial charge in [0.1, 0.15) is 19.0 Å². The highest BCUT2D eigenvalue weighted by molar-refractivity contribution is 5.89. The van der Waals surface area contributed by atoms with Crippen LogP contribution >= 0.6 is 0 Å². The predicted molar refractivity (Wildman–Crippen MR) is 102 cm³/mol. The van der Waals surface area contributed by atoms with Crippen LogP contribution in [-0.2, 0) is 4.74 Å². The lowest BCUT2D eigenvalue weighted by Gasteiger charge is -2.11. The quantitative estimate of drug-likeness (QED) is 0.481. The van der Waals surface area contributed by atoms with Crippen LogP contribution in [0.2, 0.25) is 0 Å². The molecule has 0 spiro atoms. The van der Waals surface area contributed by atoms with Crippen molar-refractivity contribution in [2.75, 3.05) is 13.2 Å². The van der Waals surface area contributed by atoms with E-state index in [9.17, 15) is 4.79 Å². The number of hydrogen-bond donors (Lipinski definition) is 0. The van der Waals surface area contributed by atoms with Gasteiger partial charge in [-0.15, -0.1) is 0 Å². The molecule has 0 radical (unpaired) electrons. The molecule has 1 heterocycles. The van der Waals surface area contributed by atoms with Crippen LogP contribution in [0.5, 0.6) is 5.75 Å². The van der Waals surface area contributed by atoms with E-state index in [0.717, 1.165) is 22.8 Å². The number of aryl methyl sites for hydroxylation is 3. The zero-order valence-electron chi connectivity index (χ0n) is 15.4. The van der Waals surface area contributed by atoms with Gasteiger partial charge in [0.25, 0.3) is 0 Å². The lowest BCUT2D eigenvalue weighted by molar-refractivity contribution is 0.0450. The maximum Gasteiger partial charge on any atom is 0.338 e. The van der Waals surface area contributed by atoms with Crippen LogP contribution in [-0.4, -0.2) is 23.8 Å². The molecule has 4 nitrogen and oxygen atoms in total. The summed E-state index contributed by atoms with van der Waals surface area (Å²) < 4.78 is 13.0. The summed E-state index contributed by atoms with van der Waals surface area (Å²) in [6.07, 6.45) is 0. The summed E-state index contributed by atoms with van der Waals surface area (Å²) in [6.45, 7) is 6.68. The normalized spacial score (nSPS) is 10.6.